The van der Waals surface area contributed by atoms with E-state index in [9.17, 15) is 52.1 Å². The Bertz CT molecular complexity index is 3740. The lowest BCUT2D eigenvalue weighted by Crippen LogP contribution is -2.38. The molecule has 460 valence electrons. The summed E-state index contributed by atoms with van der Waals surface area (Å²) in [6.07, 6.45) is 14.3. The van der Waals surface area contributed by atoms with Gasteiger partial charge in [0.05, 0.1) is 70.7 Å². The molecule has 0 amide bonds. The molecule has 22 nitrogen and oxygen atoms in total. The molecule has 3 aliphatic rings. The second-order valence-electron chi connectivity index (χ2n) is 21.5. The predicted molar refractivity (Wildman–Crippen MR) is 328 cm³/mol. The fourth-order valence-electron chi connectivity index (χ4n) is 9.11. The molecule has 2 atom stereocenters. The topological polar surface area (TPSA) is 290 Å². The van der Waals surface area contributed by atoms with Crippen molar-refractivity contribution < 1.29 is 75.7 Å². The van der Waals surface area contributed by atoms with Crippen LogP contribution in [-0.4, -0.2) is 126 Å². The van der Waals surface area contributed by atoms with Gasteiger partial charge in [-0.3, -0.25) is 27.2 Å². The van der Waals surface area contributed by atoms with Crippen LogP contribution in [0.4, 0.5) is 17.2 Å². The third-order valence-electron chi connectivity index (χ3n) is 14.3. The monoisotopic (exact) mass is 1270 g/mol. The molecule has 1 aromatic heterocycles. The number of allylic oxidation sites excluding steroid dienone is 6. The minimum absolute atomic E-state index is 0.0704. The fraction of sp³-hybridized carbons (Fsp3) is 0.448. The lowest BCUT2D eigenvalue weighted by atomic mass is 9.80. The van der Waals surface area contributed by atoms with Gasteiger partial charge in [-0.1, -0.05) is 50.0 Å². The zero-order chi connectivity index (χ0) is 62.5. The first-order valence-corrected chi connectivity index (χ1v) is 34.4. The quantitative estimate of drug-likeness (QED) is 0.00902. The average Bonchev–Trinajstić information content (AvgIpc) is 1.93. The van der Waals surface area contributed by atoms with Crippen molar-refractivity contribution >= 4 is 87.3 Å². The molecule has 0 spiro atoms. The molecule has 3 aliphatic heterocycles. The standard InChI is InChI=1S/C58H72N6O16S5/c1-10-78-79-54(65)18-12-11-13-34-64(82(9,66)67)49-29-25-45(26-30-49)20-22-47-39-51-56(62(41-47)36-32-43(3)85(74,75)76)60-53(58(51,6)7)17-14-16-52-57(4,5)50-38-46(40-61(55(50)59-52)35-31-42(2)84(71,72)73)21-19-44-23-27-48(28-24-44)63(81-80-77-8)33-15-37-83(68,69)70/h14,16-17,23-30,38-43H,10-13,15,18,31-37H2,1-9H3,(H2-,68,69,70,71,72,73,74,75,76)/p+1. The Morgan fingerprint density at radius 2 is 1.42 bits per heavy atom. The minimum Gasteiger partial charge on any atom is -0.331 e. The number of benzene rings is 2. The Balaban J connectivity index is 1.25. The van der Waals surface area contributed by atoms with Crippen LogP contribution in [0.2, 0.25) is 0 Å². The highest BCUT2D eigenvalue weighted by atomic mass is 32.2. The molecular weight excluding hydrogens is 1200 g/mol. The number of carbonyl (C=O) groups excluding carboxylic acids is 1. The lowest BCUT2D eigenvalue weighted by molar-refractivity contribution is -0.684. The van der Waals surface area contributed by atoms with Gasteiger partial charge in [0, 0.05) is 72.1 Å². The number of aromatic nitrogens is 1. The molecule has 4 heterocycles. The van der Waals surface area contributed by atoms with Crippen molar-refractivity contribution in [2.75, 3.05) is 54.0 Å². The molecule has 6 rings (SSSR count). The fourth-order valence-corrected chi connectivity index (χ4v) is 11.9. The second-order valence-corrected chi connectivity index (χ2v) is 29.3. The van der Waals surface area contributed by atoms with Crippen molar-refractivity contribution in [2.45, 2.75) is 116 Å². The molecular formula is C58H73N6O16S5+. The number of sulfonamides is 1. The number of hydrogen-bond acceptors (Lipinski definition) is 18. The number of hydrogen-bond donors (Lipinski definition) is 3. The van der Waals surface area contributed by atoms with Gasteiger partial charge >= 0.3 is 11.8 Å². The van der Waals surface area contributed by atoms with Gasteiger partial charge < -0.3 is 4.90 Å². The first-order valence-electron chi connectivity index (χ1n) is 27.2. The number of carbonyl (C=O) groups is 1. The Hall–Kier alpha value is -6.21. The van der Waals surface area contributed by atoms with Crippen LogP contribution in [-0.2, 0) is 76.1 Å². The summed E-state index contributed by atoms with van der Waals surface area (Å²) in [5, 5.41) is -2.14. The van der Waals surface area contributed by atoms with Crippen LogP contribution in [0.1, 0.15) is 116 Å². The molecule has 27 heteroatoms. The molecule has 0 radical (unpaired) electrons. The van der Waals surface area contributed by atoms with Crippen LogP contribution in [0, 0.1) is 29.1 Å². The molecule has 0 bridgehead atoms. The number of nitrogens with zero attached hydrogens (tertiary/aromatic N) is 6. The van der Waals surface area contributed by atoms with Gasteiger partial charge in [-0.25, -0.2) is 27.7 Å². The smallest absolute Gasteiger partial charge is 0.331 e. The molecule has 85 heavy (non-hydrogen) atoms. The number of unbranched alkanes of at least 4 members (excludes halogenated alkanes) is 2. The van der Waals surface area contributed by atoms with Gasteiger partial charge in [-0.2, -0.15) is 30.1 Å². The van der Waals surface area contributed by atoms with Gasteiger partial charge in [0.15, 0.2) is 17.9 Å². The van der Waals surface area contributed by atoms with Crippen molar-refractivity contribution in [3.05, 3.63) is 130 Å². The Kier molecular flexibility index (Phi) is 23.2. The second kappa shape index (κ2) is 29.0. The molecule has 2 aromatic carbocycles. The normalized spacial score (nSPS) is 16.7. The Labute approximate surface area is 504 Å². The third-order valence-corrected chi connectivity index (χ3v) is 19.5. The highest BCUT2D eigenvalue weighted by Gasteiger charge is 2.44. The van der Waals surface area contributed by atoms with Gasteiger partial charge in [0.1, 0.15) is 12.0 Å². The van der Waals surface area contributed by atoms with Crippen LogP contribution in [0.5, 0.6) is 0 Å². The van der Waals surface area contributed by atoms with E-state index in [1.807, 2.05) is 67.5 Å². The molecule has 0 aliphatic carbocycles. The summed E-state index contributed by atoms with van der Waals surface area (Å²) in [6, 6.07) is 15.8. The van der Waals surface area contributed by atoms with Crippen molar-refractivity contribution in [1.29, 1.82) is 0 Å². The van der Waals surface area contributed by atoms with E-state index < -0.39 is 73.4 Å². The number of aryl methyl sites for hydroxylation is 1. The Morgan fingerprint density at radius 3 is 2.04 bits per heavy atom. The largest absolute Gasteiger partial charge is 0.342 e. The van der Waals surface area contributed by atoms with Crippen molar-refractivity contribution in [3.8, 4) is 23.7 Å². The first kappa shape index (κ1) is 67.9. The zero-order valence-electron chi connectivity index (χ0n) is 48.9. The summed E-state index contributed by atoms with van der Waals surface area (Å²) in [4.78, 5) is 37.8. The van der Waals surface area contributed by atoms with Crippen molar-refractivity contribution in [1.82, 2.24) is 4.90 Å². The number of pyridine rings is 1. The minimum atomic E-state index is -4.34. The maximum Gasteiger partial charge on any atom is 0.342 e. The van der Waals surface area contributed by atoms with Crippen LogP contribution in [0.3, 0.4) is 0 Å². The average molecular weight is 1270 g/mol. The molecule has 2 unspecified atom stereocenters. The van der Waals surface area contributed by atoms with E-state index in [4.69, 9.17) is 19.2 Å². The molecule has 0 saturated heterocycles. The highest BCUT2D eigenvalue weighted by molar-refractivity contribution is 7.96. The molecule has 3 N–H and O–H groups in total. The molecule has 3 aromatic rings. The Morgan fingerprint density at radius 1 is 0.800 bits per heavy atom. The predicted octanol–water partition coefficient (Wildman–Crippen LogP) is 8.17. The summed E-state index contributed by atoms with van der Waals surface area (Å²) in [6.45, 7) is 13.6. The van der Waals surface area contributed by atoms with E-state index in [1.165, 1.54) is 25.3 Å². The van der Waals surface area contributed by atoms with E-state index in [0.717, 1.165) is 29.6 Å². The number of amidine groups is 1. The van der Waals surface area contributed by atoms with Gasteiger partial charge in [-0.05, 0) is 138 Å². The summed E-state index contributed by atoms with van der Waals surface area (Å²) in [5.41, 5.74) is 5.16. The zero-order valence-corrected chi connectivity index (χ0v) is 53.0. The highest BCUT2D eigenvalue weighted by Crippen LogP contribution is 2.45. The van der Waals surface area contributed by atoms with Crippen LogP contribution in [0.15, 0.2) is 118 Å². The summed E-state index contributed by atoms with van der Waals surface area (Å²) in [5.74, 6) is 13.1. The summed E-state index contributed by atoms with van der Waals surface area (Å²) >= 11 is 0.852. The van der Waals surface area contributed by atoms with E-state index >= 15 is 0 Å². The van der Waals surface area contributed by atoms with E-state index in [1.54, 1.807) is 72.2 Å². The van der Waals surface area contributed by atoms with Gasteiger partial charge in [0.25, 0.3) is 30.4 Å². The summed E-state index contributed by atoms with van der Waals surface area (Å²) in [7, 11) is -15.1. The van der Waals surface area contributed by atoms with E-state index in [-0.39, 0.29) is 58.5 Å². The summed E-state index contributed by atoms with van der Waals surface area (Å²) < 4.78 is 136. The van der Waals surface area contributed by atoms with Crippen LogP contribution < -0.4 is 13.2 Å². The number of anilines is 2. The van der Waals surface area contributed by atoms with E-state index in [2.05, 4.69) is 33.5 Å². The van der Waals surface area contributed by atoms with Crippen LogP contribution >= 0.6 is 12.2 Å². The molecule has 0 saturated carbocycles. The van der Waals surface area contributed by atoms with Gasteiger partial charge in [-0.15, -0.1) is 4.33 Å². The van der Waals surface area contributed by atoms with Crippen molar-refractivity contribution in [2.24, 2.45) is 15.4 Å². The molecule has 0 fully saturated rings. The number of aliphatic imine (C=N–C) groups is 2. The number of fused-ring (bicyclic) bond motifs is 2. The maximum atomic E-state index is 12.9. The SMILES string of the molecule is CCOOC(=O)CCCCCN(c1ccc(C#CC2=CN(CCC(C)S(=O)(=O)O)C3=NC(=CC=CC4=Nc5c(cc(C#Cc6ccc(N(CCCS(=O)(=O)O)SOOC)cc6)c[n+]5CCC(C)S(=O)(=O)O)C4(C)C)C(C)(C)C3=C2)cc1)S(C)(=O)=O. The lowest BCUT2D eigenvalue weighted by Gasteiger charge is -2.30. The first-order chi connectivity index (χ1) is 39.8. The van der Waals surface area contributed by atoms with Crippen molar-refractivity contribution in [3.63, 3.8) is 0 Å². The van der Waals surface area contributed by atoms with Crippen LogP contribution in [0.25, 0.3) is 0 Å². The number of rotatable bonds is 28. The van der Waals surface area contributed by atoms with Gasteiger partial charge in [0.2, 0.25) is 10.0 Å². The maximum absolute atomic E-state index is 12.9. The third kappa shape index (κ3) is 19.1. The van der Waals surface area contributed by atoms with E-state index in [0.29, 0.717) is 76.0 Å².